The van der Waals surface area contributed by atoms with Gasteiger partial charge in [0.15, 0.2) is 6.61 Å². The molecule has 3 aromatic rings. The Morgan fingerprint density at radius 3 is 2.48 bits per heavy atom. The van der Waals surface area contributed by atoms with Crippen LogP contribution in [0.5, 0.6) is 5.75 Å². The van der Waals surface area contributed by atoms with Crippen LogP contribution in [0.3, 0.4) is 0 Å². The summed E-state index contributed by atoms with van der Waals surface area (Å²) in [7, 11) is 0. The normalized spacial score (nSPS) is 10.8. The summed E-state index contributed by atoms with van der Waals surface area (Å²) in [4.78, 5) is 24.4. The van der Waals surface area contributed by atoms with Crippen LogP contribution in [0, 0.1) is 17.1 Å². The number of amides is 2. The predicted octanol–water partition coefficient (Wildman–Crippen LogP) is 5.80. The summed E-state index contributed by atoms with van der Waals surface area (Å²) >= 11 is 9.53. The summed E-state index contributed by atoms with van der Waals surface area (Å²) in [6.07, 6.45) is 1.38. The van der Waals surface area contributed by atoms with Crippen LogP contribution >= 0.6 is 27.5 Å². The molecule has 3 rings (SSSR count). The molecule has 9 heteroatoms. The number of hydrogen-bond donors (Lipinski definition) is 2. The van der Waals surface area contributed by atoms with Crippen molar-refractivity contribution in [1.82, 2.24) is 0 Å². The molecule has 2 N–H and O–H groups in total. The molecule has 0 saturated carbocycles. The van der Waals surface area contributed by atoms with Gasteiger partial charge in [-0.05, 0) is 60.2 Å². The maximum atomic E-state index is 13.6. The van der Waals surface area contributed by atoms with E-state index in [0.717, 1.165) is 4.47 Å². The number of benzene rings is 3. The van der Waals surface area contributed by atoms with E-state index in [4.69, 9.17) is 16.3 Å². The van der Waals surface area contributed by atoms with E-state index in [1.807, 2.05) is 6.07 Å². The average Bonchev–Trinajstić information content (AvgIpc) is 2.80. The molecule has 0 aliphatic rings. The molecule has 2 amide bonds. The van der Waals surface area contributed by atoms with Gasteiger partial charge in [-0.25, -0.2) is 4.39 Å². The van der Waals surface area contributed by atoms with Gasteiger partial charge in [0.25, 0.3) is 11.8 Å². The lowest BCUT2D eigenvalue weighted by molar-refractivity contribution is -0.118. The fourth-order valence-corrected chi connectivity index (χ4v) is 3.17. The number of nitrogens with zero attached hydrogens (tertiary/aromatic N) is 1. The van der Waals surface area contributed by atoms with E-state index in [-0.39, 0.29) is 28.6 Å². The van der Waals surface area contributed by atoms with Crippen LogP contribution in [0.2, 0.25) is 5.02 Å². The van der Waals surface area contributed by atoms with Gasteiger partial charge in [-0.2, -0.15) is 5.26 Å². The Morgan fingerprint density at radius 1 is 1.09 bits per heavy atom. The number of halogens is 3. The van der Waals surface area contributed by atoms with Crippen molar-refractivity contribution in [2.45, 2.75) is 0 Å². The molecule has 166 valence electrons. The maximum Gasteiger partial charge on any atom is 0.266 e. The van der Waals surface area contributed by atoms with Gasteiger partial charge < -0.3 is 15.4 Å². The molecule has 0 spiro atoms. The van der Waals surface area contributed by atoms with Crippen molar-refractivity contribution in [3.63, 3.8) is 0 Å². The zero-order chi connectivity index (χ0) is 23.8. The third-order valence-corrected chi connectivity index (χ3v) is 5.06. The fourth-order valence-electron chi connectivity index (χ4n) is 2.66. The molecule has 0 bridgehead atoms. The van der Waals surface area contributed by atoms with Crippen LogP contribution in [0.1, 0.15) is 5.56 Å². The van der Waals surface area contributed by atoms with E-state index < -0.39 is 17.6 Å². The van der Waals surface area contributed by atoms with Crippen LogP contribution in [-0.2, 0) is 9.59 Å². The molecule has 0 heterocycles. The topological polar surface area (TPSA) is 91.2 Å². The number of hydrogen-bond acceptors (Lipinski definition) is 4. The molecule has 33 heavy (non-hydrogen) atoms. The fraction of sp³-hybridized carbons (Fsp3) is 0.0417. The van der Waals surface area contributed by atoms with Crippen LogP contribution < -0.4 is 15.4 Å². The summed E-state index contributed by atoms with van der Waals surface area (Å²) in [5.41, 5.74) is 0.959. The number of para-hydroxylation sites is 1. The van der Waals surface area contributed by atoms with Gasteiger partial charge in [0.2, 0.25) is 0 Å². The van der Waals surface area contributed by atoms with Crippen molar-refractivity contribution in [2.75, 3.05) is 17.2 Å². The first-order valence-electron chi connectivity index (χ1n) is 9.51. The first kappa shape index (κ1) is 24.0. The molecule has 0 saturated heterocycles. The van der Waals surface area contributed by atoms with Crippen molar-refractivity contribution in [2.24, 2.45) is 0 Å². The summed E-state index contributed by atoms with van der Waals surface area (Å²) < 4.78 is 19.9. The Bertz CT molecular complexity index is 1260. The van der Waals surface area contributed by atoms with E-state index in [1.54, 1.807) is 36.4 Å². The number of nitriles is 1. The summed E-state index contributed by atoms with van der Waals surface area (Å²) in [6.45, 7) is -0.387. The Balaban J connectivity index is 1.63. The number of carbonyl (C=O) groups excluding carboxylic acids is 2. The van der Waals surface area contributed by atoms with Crippen molar-refractivity contribution < 1.29 is 18.7 Å². The molecule has 3 aromatic carbocycles. The molecule has 0 aliphatic heterocycles. The van der Waals surface area contributed by atoms with Crippen LogP contribution in [-0.4, -0.2) is 18.4 Å². The second kappa shape index (κ2) is 11.3. The number of rotatable bonds is 7. The minimum atomic E-state index is -0.568. The molecular formula is C24H16BrClFN3O3. The largest absolute Gasteiger partial charge is 0.482 e. The van der Waals surface area contributed by atoms with Crippen LogP contribution in [0.15, 0.2) is 76.8 Å². The van der Waals surface area contributed by atoms with E-state index >= 15 is 0 Å². The molecular weight excluding hydrogens is 513 g/mol. The average molecular weight is 529 g/mol. The first-order valence-corrected chi connectivity index (χ1v) is 10.7. The summed E-state index contributed by atoms with van der Waals surface area (Å²) in [5.74, 6) is -1.47. The van der Waals surface area contributed by atoms with E-state index in [1.165, 1.54) is 36.4 Å². The van der Waals surface area contributed by atoms with Gasteiger partial charge in [0.1, 0.15) is 23.2 Å². The lowest BCUT2D eigenvalue weighted by Gasteiger charge is -2.10. The van der Waals surface area contributed by atoms with Crippen LogP contribution in [0.25, 0.3) is 6.08 Å². The monoisotopic (exact) mass is 527 g/mol. The van der Waals surface area contributed by atoms with Crippen LogP contribution in [0.4, 0.5) is 15.8 Å². The van der Waals surface area contributed by atoms with Gasteiger partial charge >= 0.3 is 0 Å². The van der Waals surface area contributed by atoms with E-state index in [9.17, 15) is 19.2 Å². The van der Waals surface area contributed by atoms with Gasteiger partial charge in [-0.3, -0.25) is 9.59 Å². The van der Waals surface area contributed by atoms with Crippen molar-refractivity contribution >= 4 is 56.8 Å². The standard InChI is InChI=1S/C24H16BrClFN3O3/c25-17-6-8-18(9-7-17)29-24(32)16(13-28)11-15-5-10-22(19(26)12-15)33-14-23(31)30-21-4-2-1-3-20(21)27/h1-12H,14H2,(H,29,32)(H,30,31)/b16-11-. The third-order valence-electron chi connectivity index (χ3n) is 4.24. The smallest absolute Gasteiger partial charge is 0.266 e. The van der Waals surface area contributed by atoms with E-state index in [0.29, 0.717) is 11.3 Å². The van der Waals surface area contributed by atoms with Crippen molar-refractivity contribution in [3.05, 3.63) is 93.2 Å². The molecule has 0 unspecified atom stereocenters. The number of ether oxygens (including phenoxy) is 1. The Kier molecular flexibility index (Phi) is 8.19. The van der Waals surface area contributed by atoms with Crippen molar-refractivity contribution in [3.8, 4) is 11.8 Å². The maximum absolute atomic E-state index is 13.6. The molecule has 0 aliphatic carbocycles. The van der Waals surface area contributed by atoms with Gasteiger partial charge in [-0.1, -0.05) is 45.7 Å². The number of nitrogens with one attached hydrogen (secondary N) is 2. The van der Waals surface area contributed by atoms with Gasteiger partial charge in [0.05, 0.1) is 10.7 Å². The molecule has 0 radical (unpaired) electrons. The number of anilines is 2. The van der Waals surface area contributed by atoms with Crippen molar-refractivity contribution in [1.29, 1.82) is 5.26 Å². The lowest BCUT2D eigenvalue weighted by atomic mass is 10.1. The van der Waals surface area contributed by atoms with E-state index in [2.05, 4.69) is 26.6 Å². The molecule has 0 atom stereocenters. The highest BCUT2D eigenvalue weighted by Crippen LogP contribution is 2.27. The molecule has 0 fully saturated rings. The quantitative estimate of drug-likeness (QED) is 0.299. The second-order valence-corrected chi connectivity index (χ2v) is 7.96. The first-order chi connectivity index (χ1) is 15.9. The highest BCUT2D eigenvalue weighted by Gasteiger charge is 2.12. The SMILES string of the molecule is N#C/C(=C/c1ccc(OCC(=O)Nc2ccccc2F)c(Cl)c1)C(=O)Nc1ccc(Br)cc1. The summed E-state index contributed by atoms with van der Waals surface area (Å²) in [6, 6.07) is 19.1. The zero-order valence-corrected chi connectivity index (χ0v) is 19.3. The predicted molar refractivity (Wildman–Crippen MR) is 128 cm³/mol. The Morgan fingerprint density at radius 2 is 1.82 bits per heavy atom. The zero-order valence-electron chi connectivity index (χ0n) is 16.9. The lowest BCUT2D eigenvalue weighted by Crippen LogP contribution is -2.20. The Labute approximate surface area is 202 Å². The minimum Gasteiger partial charge on any atom is -0.482 e. The molecule has 6 nitrogen and oxygen atoms in total. The minimum absolute atomic E-state index is 0.0446. The van der Waals surface area contributed by atoms with Gasteiger partial charge in [-0.15, -0.1) is 0 Å². The summed E-state index contributed by atoms with van der Waals surface area (Å²) in [5, 5.41) is 14.6. The Hall–Kier alpha value is -3.67. The van der Waals surface area contributed by atoms with Gasteiger partial charge in [0, 0.05) is 10.2 Å². The second-order valence-electron chi connectivity index (χ2n) is 6.64. The highest BCUT2D eigenvalue weighted by molar-refractivity contribution is 9.10. The third kappa shape index (κ3) is 6.91. The number of carbonyl (C=O) groups is 2. The highest BCUT2D eigenvalue weighted by atomic mass is 79.9. The molecule has 0 aromatic heterocycles.